The highest BCUT2D eigenvalue weighted by Gasteiger charge is 2.61. The van der Waals surface area contributed by atoms with E-state index in [0.29, 0.717) is 11.5 Å². The van der Waals surface area contributed by atoms with E-state index in [-0.39, 0.29) is 42.1 Å². The van der Waals surface area contributed by atoms with Gasteiger partial charge in [0.1, 0.15) is 36.1 Å². The highest BCUT2D eigenvalue weighted by atomic mass is 16.5. The number of nitrogens with zero attached hydrogens (tertiary/aromatic N) is 2. The summed E-state index contributed by atoms with van der Waals surface area (Å²) in [6.45, 7) is 3.89. The fourth-order valence-corrected chi connectivity index (χ4v) is 6.94. The van der Waals surface area contributed by atoms with Crippen LogP contribution in [0.1, 0.15) is 64.3 Å². The maximum atomic E-state index is 14.1. The summed E-state index contributed by atoms with van der Waals surface area (Å²) in [7, 11) is 1.26. The molecule has 50 heavy (non-hydrogen) atoms. The zero-order valence-electron chi connectivity index (χ0n) is 27.4. The van der Waals surface area contributed by atoms with E-state index in [1.165, 1.54) is 13.4 Å². The standard InChI is InChI=1S/C37H33N5O8/c1-19(2)28-33-42-29(32-38-26(18-47-32)34(44)46-3)30(50-33)37-22-11-7-8-12-24(22)39-35(37)49-27-14-13-21(15-23(27)37)16-25(31(43)41-28)40-36(45)48-17-20-9-5-4-6-10-20/h4-15,18-19,25,28,35,39H,16-17H2,1-3H3,(H,40,45)(H,41,43)/t25-,28-,35-,37?/m0/s1. The highest BCUT2D eigenvalue weighted by molar-refractivity contribution is 5.88. The van der Waals surface area contributed by atoms with Crippen LogP contribution in [0.25, 0.3) is 11.6 Å². The van der Waals surface area contributed by atoms with Crippen LogP contribution in [0.2, 0.25) is 0 Å². The second-order valence-electron chi connectivity index (χ2n) is 12.8. The second-order valence-corrected chi connectivity index (χ2v) is 12.8. The minimum Gasteiger partial charge on any atom is -0.469 e. The van der Waals surface area contributed by atoms with Crippen LogP contribution in [-0.4, -0.2) is 47.3 Å². The lowest BCUT2D eigenvalue weighted by Crippen LogP contribution is -2.49. The number of esters is 1. The molecule has 1 spiro atoms. The van der Waals surface area contributed by atoms with Crippen molar-refractivity contribution >= 4 is 23.7 Å². The third kappa shape index (κ3) is 5.04. The topological polar surface area (TPSA) is 167 Å². The Kier molecular flexibility index (Phi) is 7.54. The zero-order chi connectivity index (χ0) is 34.6. The van der Waals surface area contributed by atoms with Gasteiger partial charge in [-0.3, -0.25) is 4.79 Å². The predicted molar refractivity (Wildman–Crippen MR) is 177 cm³/mol. The number of para-hydroxylation sites is 1. The van der Waals surface area contributed by atoms with Crippen molar-refractivity contribution < 1.29 is 37.4 Å². The average Bonchev–Trinajstić information content (AvgIpc) is 3.90. The molecular formula is C37H33N5O8. The second kappa shape index (κ2) is 12.1. The summed E-state index contributed by atoms with van der Waals surface area (Å²) in [5.41, 5.74) is 3.13. The Morgan fingerprint density at radius 3 is 2.62 bits per heavy atom. The van der Waals surface area contributed by atoms with E-state index in [0.717, 1.165) is 27.9 Å². The molecule has 13 heteroatoms. The van der Waals surface area contributed by atoms with Crippen LogP contribution < -0.4 is 20.7 Å². The Labute approximate surface area is 286 Å². The van der Waals surface area contributed by atoms with Crippen molar-refractivity contribution in [1.29, 1.82) is 0 Å². The zero-order valence-corrected chi connectivity index (χ0v) is 27.4. The number of methoxy groups -OCH3 is 1. The fraction of sp³-hybridized carbons (Fsp3) is 0.270. The molecule has 4 bridgehead atoms. The molecule has 5 heterocycles. The number of aromatic nitrogens is 2. The van der Waals surface area contributed by atoms with Crippen LogP contribution in [0.5, 0.6) is 5.75 Å². The van der Waals surface area contributed by atoms with Crippen LogP contribution in [-0.2, 0) is 32.7 Å². The lowest BCUT2D eigenvalue weighted by Gasteiger charge is -2.28. The number of rotatable bonds is 6. The number of benzene rings is 3. The first-order chi connectivity index (χ1) is 24.3. The minimum atomic E-state index is -1.09. The summed E-state index contributed by atoms with van der Waals surface area (Å²) < 4.78 is 29.6. The van der Waals surface area contributed by atoms with Gasteiger partial charge >= 0.3 is 12.1 Å². The molecule has 0 fully saturated rings. The van der Waals surface area contributed by atoms with Gasteiger partial charge < -0.3 is 39.0 Å². The van der Waals surface area contributed by atoms with Crippen LogP contribution in [0.3, 0.4) is 0 Å². The molecule has 1 unspecified atom stereocenters. The van der Waals surface area contributed by atoms with Gasteiger partial charge in [0.15, 0.2) is 23.4 Å². The van der Waals surface area contributed by atoms with Crippen LogP contribution in [0, 0.1) is 5.92 Å². The molecule has 4 atom stereocenters. The number of carbonyl (C=O) groups excluding carboxylic acids is 3. The summed E-state index contributed by atoms with van der Waals surface area (Å²) in [6.07, 6.45) is -0.0308. The lowest BCUT2D eigenvalue weighted by atomic mass is 9.72. The van der Waals surface area contributed by atoms with Gasteiger partial charge in [-0.15, -0.1) is 0 Å². The van der Waals surface area contributed by atoms with Gasteiger partial charge in [-0.05, 0) is 34.7 Å². The Balaban J connectivity index is 1.28. The molecule has 0 saturated heterocycles. The molecule has 3 aromatic carbocycles. The van der Waals surface area contributed by atoms with Crippen LogP contribution in [0.4, 0.5) is 10.5 Å². The van der Waals surface area contributed by atoms with Gasteiger partial charge in [-0.2, -0.15) is 0 Å². The number of carbonyl (C=O) groups is 3. The SMILES string of the molecule is COC(=O)c1coc(-c2nc3oc2C24c5ccccc5N[C@H]2Oc2ccc(cc24)C[C@H](NC(=O)OCc2ccccc2)C(=O)N[C@H]3C(C)C)n1. The number of amides is 2. The third-order valence-electron chi connectivity index (χ3n) is 9.34. The van der Waals surface area contributed by atoms with E-state index in [9.17, 15) is 14.4 Å². The summed E-state index contributed by atoms with van der Waals surface area (Å²) in [5, 5.41) is 9.36. The number of hydrogen-bond donors (Lipinski definition) is 3. The number of oxazole rings is 2. The summed E-state index contributed by atoms with van der Waals surface area (Å²) in [4.78, 5) is 48.9. The lowest BCUT2D eigenvalue weighted by molar-refractivity contribution is -0.124. The summed E-state index contributed by atoms with van der Waals surface area (Å²) in [5.74, 6) is -0.162. The number of hydrogen-bond acceptors (Lipinski definition) is 11. The largest absolute Gasteiger partial charge is 0.469 e. The van der Waals surface area contributed by atoms with Crippen molar-refractivity contribution in [2.24, 2.45) is 5.92 Å². The highest BCUT2D eigenvalue weighted by Crippen LogP contribution is 2.59. The first-order valence-electron chi connectivity index (χ1n) is 16.3. The number of ether oxygens (including phenoxy) is 3. The van der Waals surface area contributed by atoms with Gasteiger partial charge in [0.2, 0.25) is 17.7 Å². The van der Waals surface area contributed by atoms with Crippen molar-refractivity contribution in [3.05, 3.63) is 119 Å². The Bertz CT molecular complexity index is 2120. The minimum absolute atomic E-state index is 0.0296. The van der Waals surface area contributed by atoms with Crippen molar-refractivity contribution in [2.75, 3.05) is 12.4 Å². The molecule has 2 amide bonds. The number of nitrogens with one attached hydrogen (secondary N) is 3. The molecule has 254 valence electrons. The van der Waals surface area contributed by atoms with E-state index in [4.69, 9.17) is 28.0 Å². The van der Waals surface area contributed by atoms with Crippen LogP contribution >= 0.6 is 0 Å². The predicted octanol–water partition coefficient (Wildman–Crippen LogP) is 5.26. The van der Waals surface area contributed by atoms with Gasteiger partial charge in [0.25, 0.3) is 0 Å². The van der Waals surface area contributed by atoms with E-state index in [1.54, 1.807) is 0 Å². The molecular weight excluding hydrogens is 642 g/mol. The first-order valence-corrected chi connectivity index (χ1v) is 16.3. The van der Waals surface area contributed by atoms with Crippen molar-refractivity contribution in [2.45, 2.75) is 50.6 Å². The van der Waals surface area contributed by atoms with Crippen molar-refractivity contribution in [3.63, 3.8) is 0 Å². The number of alkyl carbamates (subject to hydrolysis) is 1. The molecule has 0 aliphatic carbocycles. The molecule has 3 aliphatic heterocycles. The molecule has 3 aliphatic rings. The van der Waals surface area contributed by atoms with Gasteiger partial charge in [0, 0.05) is 17.7 Å². The summed E-state index contributed by atoms with van der Waals surface area (Å²) in [6, 6.07) is 21.0. The molecule has 0 radical (unpaired) electrons. The third-order valence-corrected chi connectivity index (χ3v) is 9.34. The Morgan fingerprint density at radius 1 is 1.02 bits per heavy atom. The van der Waals surface area contributed by atoms with Crippen molar-refractivity contribution in [3.8, 4) is 17.3 Å². The summed E-state index contributed by atoms with van der Waals surface area (Å²) >= 11 is 0. The van der Waals surface area contributed by atoms with E-state index in [2.05, 4.69) is 20.9 Å². The number of anilines is 1. The van der Waals surface area contributed by atoms with Gasteiger partial charge in [0.05, 0.1) is 7.11 Å². The normalized spacial score (nSPS) is 21.4. The Morgan fingerprint density at radius 2 is 1.82 bits per heavy atom. The molecule has 5 aromatic rings. The Hall–Kier alpha value is -6.11. The van der Waals surface area contributed by atoms with Gasteiger partial charge in [-0.25, -0.2) is 19.6 Å². The molecule has 3 N–H and O–H groups in total. The molecule has 13 nitrogen and oxygen atoms in total. The monoisotopic (exact) mass is 675 g/mol. The van der Waals surface area contributed by atoms with E-state index >= 15 is 0 Å². The average molecular weight is 676 g/mol. The van der Waals surface area contributed by atoms with Gasteiger partial charge in [-0.1, -0.05) is 74.5 Å². The fourth-order valence-electron chi connectivity index (χ4n) is 6.94. The first kappa shape index (κ1) is 31.2. The number of fused-ring (bicyclic) bond motifs is 4. The molecule has 2 aromatic heterocycles. The molecule has 8 rings (SSSR count). The molecule has 0 saturated carbocycles. The van der Waals surface area contributed by atoms with Crippen molar-refractivity contribution in [1.82, 2.24) is 20.6 Å². The van der Waals surface area contributed by atoms with E-state index < -0.39 is 41.7 Å². The smallest absolute Gasteiger partial charge is 0.408 e. The maximum Gasteiger partial charge on any atom is 0.408 e. The van der Waals surface area contributed by atoms with Crippen LogP contribution in [0.15, 0.2) is 87.9 Å². The maximum absolute atomic E-state index is 14.1. The van der Waals surface area contributed by atoms with E-state index in [1.807, 2.05) is 86.6 Å². The quantitative estimate of drug-likeness (QED) is 0.201.